The van der Waals surface area contributed by atoms with Crippen molar-refractivity contribution in [2.24, 2.45) is 0 Å². The lowest BCUT2D eigenvalue weighted by atomic mass is 10.00. The predicted molar refractivity (Wildman–Crippen MR) is 105 cm³/mol. The van der Waals surface area contributed by atoms with E-state index in [9.17, 15) is 9.59 Å². The van der Waals surface area contributed by atoms with Gasteiger partial charge in [-0.25, -0.2) is 0 Å². The van der Waals surface area contributed by atoms with Crippen molar-refractivity contribution in [3.8, 4) is 10.8 Å². The third-order valence-electron chi connectivity index (χ3n) is 4.71. The lowest BCUT2D eigenvalue weighted by Gasteiger charge is -2.34. The number of hydrogen-bond donors (Lipinski definition) is 1. The number of carbonyl (C=O) groups excluding carboxylic acids is 2. The van der Waals surface area contributed by atoms with E-state index in [1.807, 2.05) is 35.7 Å². The molecule has 1 aliphatic heterocycles. The third-order valence-corrected chi connectivity index (χ3v) is 5.57. The molecule has 4 rings (SSSR count). The number of thiophene rings is 1. The molecule has 1 N–H and O–H groups in total. The van der Waals surface area contributed by atoms with Crippen LogP contribution >= 0.6 is 11.3 Å². The highest BCUT2D eigenvalue weighted by molar-refractivity contribution is 7.13. The number of benzene rings is 1. The van der Waals surface area contributed by atoms with E-state index in [0.717, 1.165) is 17.7 Å². The van der Waals surface area contributed by atoms with Gasteiger partial charge in [-0.05, 0) is 42.8 Å². The molecular formula is C20H20N4O3S. The summed E-state index contributed by atoms with van der Waals surface area (Å²) in [5.74, 6) is 0.553. The molecule has 2 aromatic heterocycles. The Balaban J connectivity index is 1.40. The molecule has 0 aliphatic carbocycles. The Bertz CT molecular complexity index is 940. The van der Waals surface area contributed by atoms with Crippen molar-refractivity contribution in [3.05, 3.63) is 59.2 Å². The highest BCUT2D eigenvalue weighted by Crippen LogP contribution is 2.23. The number of carbonyl (C=O) groups is 2. The van der Waals surface area contributed by atoms with Crippen LogP contribution in [0.4, 0.5) is 0 Å². The van der Waals surface area contributed by atoms with Gasteiger partial charge in [-0.3, -0.25) is 9.59 Å². The molecule has 0 saturated carbocycles. The van der Waals surface area contributed by atoms with Gasteiger partial charge in [0, 0.05) is 12.1 Å². The molecule has 8 heteroatoms. The molecule has 0 radical (unpaired) electrons. The summed E-state index contributed by atoms with van der Waals surface area (Å²) in [4.78, 5) is 32.5. The van der Waals surface area contributed by atoms with Gasteiger partial charge < -0.3 is 14.7 Å². The molecule has 0 spiro atoms. The van der Waals surface area contributed by atoms with Gasteiger partial charge in [-0.2, -0.15) is 4.98 Å². The zero-order valence-corrected chi connectivity index (χ0v) is 16.0. The number of nitrogens with zero attached hydrogens (tertiary/aromatic N) is 3. The van der Waals surface area contributed by atoms with Crippen LogP contribution in [0.15, 0.2) is 52.4 Å². The fourth-order valence-corrected chi connectivity index (χ4v) is 3.95. The molecular weight excluding hydrogens is 376 g/mol. The first-order chi connectivity index (χ1) is 13.7. The first-order valence-corrected chi connectivity index (χ1v) is 10.1. The summed E-state index contributed by atoms with van der Waals surface area (Å²) < 4.78 is 5.24. The lowest BCUT2D eigenvalue weighted by Crippen LogP contribution is -2.51. The highest BCUT2D eigenvalue weighted by Gasteiger charge is 2.32. The molecule has 1 fully saturated rings. The summed E-state index contributed by atoms with van der Waals surface area (Å²) in [7, 11) is 0. The Morgan fingerprint density at radius 1 is 1.18 bits per heavy atom. The van der Waals surface area contributed by atoms with Crippen LogP contribution in [0.1, 0.15) is 35.4 Å². The number of likely N-dealkylation sites (tertiary alicyclic amines) is 1. The minimum absolute atomic E-state index is 0.111. The topological polar surface area (TPSA) is 88.3 Å². The van der Waals surface area contributed by atoms with Gasteiger partial charge in [0.25, 0.3) is 11.8 Å². The Morgan fingerprint density at radius 2 is 2.04 bits per heavy atom. The van der Waals surface area contributed by atoms with Gasteiger partial charge in [0.1, 0.15) is 6.04 Å². The van der Waals surface area contributed by atoms with E-state index in [0.29, 0.717) is 30.2 Å². The number of rotatable bonds is 5. The molecule has 1 saturated heterocycles. The first kappa shape index (κ1) is 18.4. The van der Waals surface area contributed by atoms with Gasteiger partial charge >= 0.3 is 0 Å². The van der Waals surface area contributed by atoms with Crippen LogP contribution in [0.3, 0.4) is 0 Å². The number of hydrogen-bond acceptors (Lipinski definition) is 6. The molecule has 3 heterocycles. The second kappa shape index (κ2) is 8.35. The maximum atomic E-state index is 12.8. The molecule has 1 aromatic carbocycles. The summed E-state index contributed by atoms with van der Waals surface area (Å²) >= 11 is 1.51. The van der Waals surface area contributed by atoms with Gasteiger partial charge in [-0.15, -0.1) is 11.3 Å². The Hall–Kier alpha value is -3.00. The van der Waals surface area contributed by atoms with Crippen LogP contribution < -0.4 is 5.32 Å². The van der Waals surface area contributed by atoms with Gasteiger partial charge in [0.2, 0.25) is 5.91 Å². The van der Waals surface area contributed by atoms with Crippen molar-refractivity contribution in [1.82, 2.24) is 20.4 Å². The zero-order valence-electron chi connectivity index (χ0n) is 15.2. The molecule has 28 heavy (non-hydrogen) atoms. The van der Waals surface area contributed by atoms with E-state index in [1.54, 1.807) is 17.0 Å². The molecule has 1 unspecified atom stereocenters. The summed E-state index contributed by atoms with van der Waals surface area (Å²) in [6.45, 7) is 0.744. The quantitative estimate of drug-likeness (QED) is 0.716. The summed E-state index contributed by atoms with van der Waals surface area (Å²) in [5.41, 5.74) is 0.598. The van der Waals surface area contributed by atoms with E-state index in [1.165, 1.54) is 11.3 Å². The summed E-state index contributed by atoms with van der Waals surface area (Å²) in [6.07, 6.45) is 2.47. The molecule has 1 aliphatic rings. The normalized spacial score (nSPS) is 16.7. The smallest absolute Gasteiger partial charge is 0.268 e. The van der Waals surface area contributed by atoms with Crippen LogP contribution in [0.2, 0.25) is 0 Å². The van der Waals surface area contributed by atoms with E-state index in [4.69, 9.17) is 4.52 Å². The largest absolute Gasteiger partial charge is 0.347 e. The molecule has 2 amide bonds. The fourth-order valence-electron chi connectivity index (χ4n) is 3.30. The fraction of sp³-hybridized carbons (Fsp3) is 0.300. The van der Waals surface area contributed by atoms with E-state index in [2.05, 4.69) is 15.5 Å². The first-order valence-electron chi connectivity index (χ1n) is 9.22. The maximum Gasteiger partial charge on any atom is 0.268 e. The van der Waals surface area contributed by atoms with Crippen molar-refractivity contribution in [2.45, 2.75) is 31.8 Å². The number of nitrogens with one attached hydrogen (secondary N) is 1. The summed E-state index contributed by atoms with van der Waals surface area (Å²) in [6, 6.07) is 12.4. The SMILES string of the molecule is O=C(NCc1noc(-c2cccs2)n1)C1CCCCN1C(=O)c1ccccc1. The van der Waals surface area contributed by atoms with Crippen molar-refractivity contribution >= 4 is 23.2 Å². The second-order valence-corrected chi connectivity index (χ2v) is 7.53. The van der Waals surface area contributed by atoms with Crippen LogP contribution in [0.25, 0.3) is 10.8 Å². The molecule has 0 bridgehead atoms. The van der Waals surface area contributed by atoms with E-state index < -0.39 is 6.04 Å². The lowest BCUT2D eigenvalue weighted by molar-refractivity contribution is -0.126. The average Bonchev–Trinajstić information content (AvgIpc) is 3.44. The predicted octanol–water partition coefficient (Wildman–Crippen LogP) is 3.11. The maximum absolute atomic E-state index is 12.8. The minimum atomic E-state index is -0.481. The van der Waals surface area contributed by atoms with E-state index >= 15 is 0 Å². The molecule has 3 aromatic rings. The molecule has 7 nitrogen and oxygen atoms in total. The van der Waals surface area contributed by atoms with Crippen molar-refractivity contribution < 1.29 is 14.1 Å². The molecule has 1 atom stereocenters. The van der Waals surface area contributed by atoms with Crippen LogP contribution in [0.5, 0.6) is 0 Å². The van der Waals surface area contributed by atoms with Crippen molar-refractivity contribution in [1.29, 1.82) is 0 Å². The average molecular weight is 396 g/mol. The Labute approximate surface area is 166 Å². The Kier molecular flexibility index (Phi) is 5.48. The van der Waals surface area contributed by atoms with Crippen LogP contribution in [0, 0.1) is 0 Å². The molecule has 144 valence electrons. The van der Waals surface area contributed by atoms with Gasteiger partial charge in [0.05, 0.1) is 11.4 Å². The van der Waals surface area contributed by atoms with E-state index in [-0.39, 0.29) is 18.4 Å². The number of piperidine rings is 1. The number of amides is 2. The van der Waals surface area contributed by atoms with Gasteiger partial charge in [-0.1, -0.05) is 29.4 Å². The summed E-state index contributed by atoms with van der Waals surface area (Å²) in [5, 5.41) is 8.70. The van der Waals surface area contributed by atoms with Crippen LogP contribution in [-0.2, 0) is 11.3 Å². The van der Waals surface area contributed by atoms with Crippen molar-refractivity contribution in [2.75, 3.05) is 6.54 Å². The third kappa shape index (κ3) is 3.96. The van der Waals surface area contributed by atoms with Crippen molar-refractivity contribution in [3.63, 3.8) is 0 Å². The van der Waals surface area contributed by atoms with Crippen LogP contribution in [-0.4, -0.2) is 39.4 Å². The highest BCUT2D eigenvalue weighted by atomic mass is 32.1. The zero-order chi connectivity index (χ0) is 19.3. The standard InChI is InChI=1S/C20H20N4O3S/c25-18(21-13-17-22-19(27-23-17)16-10-6-12-28-16)15-9-4-5-11-24(15)20(26)14-7-2-1-3-8-14/h1-3,6-8,10,12,15H,4-5,9,11,13H2,(H,21,25). The monoisotopic (exact) mass is 396 g/mol. The minimum Gasteiger partial charge on any atom is -0.347 e. The second-order valence-electron chi connectivity index (χ2n) is 6.59. The van der Waals surface area contributed by atoms with Gasteiger partial charge in [0.15, 0.2) is 5.82 Å². The Morgan fingerprint density at radius 3 is 2.82 bits per heavy atom. The number of aromatic nitrogens is 2.